The zero-order valence-electron chi connectivity index (χ0n) is 22.1. The second-order valence-electron chi connectivity index (χ2n) is 9.87. The molecule has 0 bridgehead atoms. The summed E-state index contributed by atoms with van der Waals surface area (Å²) in [5, 5.41) is 0.747. The van der Waals surface area contributed by atoms with Crippen LogP contribution in [0.1, 0.15) is 52.9 Å². The Bertz CT molecular complexity index is 1880. The lowest BCUT2D eigenvalue weighted by molar-refractivity contribution is 0.103. The van der Waals surface area contributed by atoms with Crippen LogP contribution in [-0.4, -0.2) is 25.7 Å². The molecule has 0 spiro atoms. The van der Waals surface area contributed by atoms with Crippen molar-refractivity contribution in [3.63, 3.8) is 0 Å². The lowest BCUT2D eigenvalue weighted by atomic mass is 10.00. The third-order valence-electron chi connectivity index (χ3n) is 6.85. The number of nitrogens with zero attached hydrogens (tertiary/aromatic N) is 3. The number of aromatic amines is 1. The molecule has 6 rings (SSSR count). The summed E-state index contributed by atoms with van der Waals surface area (Å²) in [6.07, 6.45) is 5.28. The summed E-state index contributed by atoms with van der Waals surface area (Å²) in [5.74, 6) is 4.32. The van der Waals surface area contributed by atoms with Gasteiger partial charge in [0.15, 0.2) is 23.5 Å². The van der Waals surface area contributed by atoms with Crippen LogP contribution in [0.25, 0.3) is 33.6 Å². The third-order valence-corrected chi connectivity index (χ3v) is 6.85. The van der Waals surface area contributed by atoms with Gasteiger partial charge in [0.1, 0.15) is 0 Å². The van der Waals surface area contributed by atoms with Crippen LogP contribution in [-0.2, 0) is 0 Å². The van der Waals surface area contributed by atoms with E-state index in [-0.39, 0.29) is 5.78 Å². The lowest BCUT2D eigenvalue weighted by Crippen LogP contribution is -2.08. The molecule has 6 aromatic rings. The Morgan fingerprint density at radius 3 is 2.27 bits per heavy atom. The first-order valence-corrected chi connectivity index (χ1v) is 13.1. The number of nitrogens with one attached hydrogen (secondary N) is 1. The first-order valence-electron chi connectivity index (χ1n) is 13.1. The highest BCUT2D eigenvalue weighted by Gasteiger charge is 2.19. The molecular weight excluding hydrogens is 496 g/mol. The molecule has 6 nitrogen and oxygen atoms in total. The van der Waals surface area contributed by atoms with Crippen LogP contribution in [0.5, 0.6) is 5.88 Å². The van der Waals surface area contributed by atoms with E-state index in [1.54, 1.807) is 24.3 Å². The monoisotopic (exact) mass is 522 g/mol. The average molecular weight is 523 g/mol. The predicted molar refractivity (Wildman–Crippen MR) is 157 cm³/mol. The van der Waals surface area contributed by atoms with E-state index in [9.17, 15) is 4.79 Å². The van der Waals surface area contributed by atoms with Crippen LogP contribution in [0, 0.1) is 12.3 Å². The van der Waals surface area contributed by atoms with Crippen molar-refractivity contribution in [1.29, 1.82) is 0 Å². The number of benzene rings is 4. The molecule has 194 valence electrons. The van der Waals surface area contributed by atoms with Crippen molar-refractivity contribution in [3.05, 3.63) is 119 Å². The van der Waals surface area contributed by atoms with Crippen LogP contribution >= 0.6 is 0 Å². The number of ketones is 1. The fraction of sp³-hybridized carbons (Fsp3) is 0.118. The highest BCUT2D eigenvalue weighted by atomic mass is 16.5. The van der Waals surface area contributed by atoms with Gasteiger partial charge in [-0.25, -0.2) is 9.97 Å². The maximum absolute atomic E-state index is 13.0. The summed E-state index contributed by atoms with van der Waals surface area (Å²) in [6, 6.07) is 30.4. The number of imidazole rings is 1. The number of ether oxygens (including phenoxy) is 1. The molecular formula is C34H26N4O2. The molecule has 0 fully saturated rings. The minimum Gasteiger partial charge on any atom is -0.456 e. The fourth-order valence-corrected chi connectivity index (χ4v) is 4.62. The van der Waals surface area contributed by atoms with Crippen molar-refractivity contribution in [2.45, 2.75) is 25.9 Å². The predicted octanol–water partition coefficient (Wildman–Crippen LogP) is 7.28. The largest absolute Gasteiger partial charge is 0.456 e. The number of terminal acetylenes is 1. The molecule has 1 unspecified atom stereocenters. The first-order chi connectivity index (χ1) is 19.5. The van der Waals surface area contributed by atoms with E-state index in [1.807, 2.05) is 60.7 Å². The molecule has 0 aliphatic carbocycles. The minimum absolute atomic E-state index is 0.0574. The smallest absolute Gasteiger partial charge is 0.226 e. The molecule has 2 heterocycles. The van der Waals surface area contributed by atoms with Crippen LogP contribution in [0.15, 0.2) is 97.1 Å². The van der Waals surface area contributed by atoms with Gasteiger partial charge in [-0.05, 0) is 41.8 Å². The summed E-state index contributed by atoms with van der Waals surface area (Å²) in [5.41, 5.74) is 5.41. The van der Waals surface area contributed by atoms with Gasteiger partial charge >= 0.3 is 0 Å². The number of aromatic nitrogens is 4. The highest BCUT2D eigenvalue weighted by Crippen LogP contribution is 2.30. The zero-order valence-corrected chi connectivity index (χ0v) is 22.1. The van der Waals surface area contributed by atoms with Gasteiger partial charge < -0.3 is 9.72 Å². The van der Waals surface area contributed by atoms with E-state index in [2.05, 4.69) is 36.9 Å². The van der Waals surface area contributed by atoms with Crippen LogP contribution < -0.4 is 4.74 Å². The van der Waals surface area contributed by atoms with E-state index in [0.717, 1.165) is 10.9 Å². The quantitative estimate of drug-likeness (QED) is 0.176. The number of H-pyrrole nitrogens is 1. The van der Waals surface area contributed by atoms with E-state index in [4.69, 9.17) is 26.1 Å². The Balaban J connectivity index is 1.37. The Hall–Kier alpha value is -5.28. The molecule has 0 aliphatic heterocycles. The van der Waals surface area contributed by atoms with Crippen molar-refractivity contribution in [2.75, 3.05) is 0 Å². The number of fused-ring (bicyclic) bond motifs is 2. The minimum atomic E-state index is -0.630. The van der Waals surface area contributed by atoms with E-state index in [0.29, 0.717) is 51.1 Å². The van der Waals surface area contributed by atoms with E-state index < -0.39 is 6.10 Å². The standard InChI is InChI=1S/C34H26N4O2/c1-4-30(23-16-14-22(15-17-23)21(2)3)40-34-26-12-8-9-13-27(26)35-33(38-34)32-36-28-19-18-25(20-29(28)37-32)31(39)24-10-6-5-7-11-24/h1,5-21,30H,2-3H3,(H,36,37). The number of rotatable bonds is 7. The maximum Gasteiger partial charge on any atom is 0.226 e. The molecule has 1 N–H and O–H groups in total. The average Bonchev–Trinajstić information content (AvgIpc) is 3.43. The number of carbonyl (C=O) groups excluding carboxylic acids is 1. The molecule has 1 atom stereocenters. The zero-order chi connectivity index (χ0) is 27.6. The number of hydrogen-bond acceptors (Lipinski definition) is 5. The molecule has 0 saturated carbocycles. The second-order valence-corrected chi connectivity index (χ2v) is 9.87. The van der Waals surface area contributed by atoms with Crippen LogP contribution in [0.2, 0.25) is 0 Å². The Morgan fingerprint density at radius 1 is 0.800 bits per heavy atom. The summed E-state index contributed by atoms with van der Waals surface area (Å²) in [7, 11) is 0. The maximum atomic E-state index is 13.0. The van der Waals surface area contributed by atoms with Gasteiger partial charge in [-0.1, -0.05) is 86.5 Å². The Morgan fingerprint density at radius 2 is 1.52 bits per heavy atom. The van der Waals surface area contributed by atoms with Gasteiger partial charge in [-0.15, -0.1) is 6.42 Å². The van der Waals surface area contributed by atoms with Gasteiger partial charge in [-0.3, -0.25) is 4.79 Å². The van der Waals surface area contributed by atoms with Gasteiger partial charge in [-0.2, -0.15) is 4.98 Å². The summed E-state index contributed by atoms with van der Waals surface area (Å²) >= 11 is 0. The lowest BCUT2D eigenvalue weighted by Gasteiger charge is -2.16. The Labute approximate surface area is 232 Å². The topological polar surface area (TPSA) is 80.8 Å². The van der Waals surface area contributed by atoms with Crippen LogP contribution in [0.4, 0.5) is 0 Å². The normalized spacial score (nSPS) is 11.9. The molecule has 2 aromatic heterocycles. The van der Waals surface area contributed by atoms with Crippen molar-refractivity contribution < 1.29 is 9.53 Å². The fourth-order valence-electron chi connectivity index (χ4n) is 4.62. The number of para-hydroxylation sites is 1. The van der Waals surface area contributed by atoms with Gasteiger partial charge in [0.2, 0.25) is 5.88 Å². The first kappa shape index (κ1) is 25.0. The van der Waals surface area contributed by atoms with Gasteiger partial charge in [0.25, 0.3) is 0 Å². The number of carbonyl (C=O) groups is 1. The molecule has 0 amide bonds. The van der Waals surface area contributed by atoms with Crippen LogP contribution in [0.3, 0.4) is 0 Å². The molecule has 0 aliphatic rings. The van der Waals surface area contributed by atoms with E-state index in [1.165, 1.54) is 5.56 Å². The number of hydrogen-bond donors (Lipinski definition) is 1. The van der Waals surface area contributed by atoms with Crippen molar-refractivity contribution in [3.8, 4) is 29.9 Å². The molecule has 40 heavy (non-hydrogen) atoms. The van der Waals surface area contributed by atoms with Crippen molar-refractivity contribution in [2.24, 2.45) is 0 Å². The molecule has 4 aromatic carbocycles. The summed E-state index contributed by atoms with van der Waals surface area (Å²) < 4.78 is 6.33. The van der Waals surface area contributed by atoms with Gasteiger partial charge in [0.05, 0.1) is 21.9 Å². The van der Waals surface area contributed by atoms with E-state index >= 15 is 0 Å². The van der Waals surface area contributed by atoms with Gasteiger partial charge in [0, 0.05) is 16.7 Å². The second kappa shape index (κ2) is 10.5. The molecule has 0 radical (unpaired) electrons. The summed E-state index contributed by atoms with van der Waals surface area (Å²) in [6.45, 7) is 4.30. The van der Waals surface area contributed by atoms with Crippen molar-refractivity contribution in [1.82, 2.24) is 19.9 Å². The Kier molecular flexibility index (Phi) is 6.55. The summed E-state index contributed by atoms with van der Waals surface area (Å²) in [4.78, 5) is 30.4. The highest BCUT2D eigenvalue weighted by molar-refractivity contribution is 6.10. The van der Waals surface area contributed by atoms with Crippen molar-refractivity contribution >= 4 is 27.7 Å². The molecule has 0 saturated heterocycles. The SMILES string of the molecule is C#CC(Oc1nc(-c2nc3ccc(C(=O)c4ccccc4)cc3[nH]2)nc2ccccc12)c1ccc(C(C)C)cc1. The third kappa shape index (κ3) is 4.81. The molecule has 6 heteroatoms.